The molecule has 1 saturated carbocycles. The lowest BCUT2D eigenvalue weighted by molar-refractivity contribution is 0.399. The van der Waals surface area contributed by atoms with E-state index in [-0.39, 0.29) is 10.3 Å². The van der Waals surface area contributed by atoms with Gasteiger partial charge in [-0.3, -0.25) is 0 Å². The fourth-order valence-corrected chi connectivity index (χ4v) is 5.37. The van der Waals surface area contributed by atoms with E-state index in [1.54, 1.807) is 19.2 Å². The third-order valence-electron chi connectivity index (χ3n) is 5.93. The summed E-state index contributed by atoms with van der Waals surface area (Å²) in [7, 11) is -0.545. The molecule has 1 fully saturated rings. The predicted molar refractivity (Wildman–Crippen MR) is 111 cm³/mol. The molecule has 0 aliphatic heterocycles. The Morgan fingerprint density at radius 2 is 1.57 bits per heavy atom. The second kappa shape index (κ2) is 8.13. The standard InChI is InChI=1S/C22H29NO4S/c1-16-13-20(27-4)21(14-17(16)2)28(24,25)23-15-22(11-5-6-12-22)18-7-9-19(26-3)10-8-18/h7-10,13-14,23H,5-6,11-12,15H2,1-4H3. The smallest absolute Gasteiger partial charge is 0.244 e. The molecule has 0 unspecified atom stereocenters. The van der Waals surface area contributed by atoms with Crippen LogP contribution in [0.1, 0.15) is 42.4 Å². The van der Waals surface area contributed by atoms with Crippen LogP contribution in [0.5, 0.6) is 11.5 Å². The zero-order valence-corrected chi connectivity index (χ0v) is 17.9. The van der Waals surface area contributed by atoms with Gasteiger partial charge in [0.15, 0.2) is 0 Å². The first kappa shape index (κ1) is 20.7. The zero-order chi connectivity index (χ0) is 20.4. The Morgan fingerprint density at radius 1 is 0.964 bits per heavy atom. The lowest BCUT2D eigenvalue weighted by Crippen LogP contribution is -2.39. The van der Waals surface area contributed by atoms with Crippen molar-refractivity contribution in [3.8, 4) is 11.5 Å². The van der Waals surface area contributed by atoms with Gasteiger partial charge in [-0.2, -0.15) is 0 Å². The molecular formula is C22H29NO4S. The first-order chi connectivity index (χ1) is 13.3. The van der Waals surface area contributed by atoms with Crippen LogP contribution < -0.4 is 14.2 Å². The summed E-state index contributed by atoms with van der Waals surface area (Å²) in [6.45, 7) is 4.22. The van der Waals surface area contributed by atoms with Crippen molar-refractivity contribution in [3.05, 3.63) is 53.1 Å². The van der Waals surface area contributed by atoms with Crippen LogP contribution in [-0.4, -0.2) is 29.2 Å². The van der Waals surface area contributed by atoms with Gasteiger partial charge in [0.05, 0.1) is 14.2 Å². The zero-order valence-electron chi connectivity index (χ0n) is 17.0. The van der Waals surface area contributed by atoms with Crippen LogP contribution in [-0.2, 0) is 15.4 Å². The van der Waals surface area contributed by atoms with E-state index in [1.807, 2.05) is 26.0 Å². The highest BCUT2D eigenvalue weighted by Gasteiger charge is 2.37. The molecule has 28 heavy (non-hydrogen) atoms. The van der Waals surface area contributed by atoms with Crippen molar-refractivity contribution in [2.45, 2.75) is 49.8 Å². The van der Waals surface area contributed by atoms with E-state index in [1.165, 1.54) is 7.11 Å². The molecule has 5 nitrogen and oxygen atoms in total. The van der Waals surface area contributed by atoms with Crippen LogP contribution in [0.15, 0.2) is 41.3 Å². The molecule has 0 heterocycles. The molecule has 152 valence electrons. The first-order valence-corrected chi connectivity index (χ1v) is 11.1. The first-order valence-electron chi connectivity index (χ1n) is 9.61. The Labute approximate surface area is 168 Å². The molecule has 6 heteroatoms. The van der Waals surface area contributed by atoms with Crippen LogP contribution >= 0.6 is 0 Å². The number of benzene rings is 2. The monoisotopic (exact) mass is 403 g/mol. The second-order valence-electron chi connectivity index (χ2n) is 7.63. The molecule has 0 amide bonds. The maximum atomic E-state index is 13.1. The summed E-state index contributed by atoms with van der Waals surface area (Å²) in [6, 6.07) is 11.4. The van der Waals surface area contributed by atoms with E-state index in [9.17, 15) is 8.42 Å². The molecule has 0 radical (unpaired) electrons. The maximum absolute atomic E-state index is 13.1. The van der Waals surface area contributed by atoms with Gasteiger partial charge in [0.25, 0.3) is 0 Å². The minimum atomic E-state index is -3.69. The molecule has 1 aliphatic carbocycles. The number of nitrogens with one attached hydrogen (secondary N) is 1. The highest BCUT2D eigenvalue weighted by molar-refractivity contribution is 7.89. The molecular weight excluding hydrogens is 374 g/mol. The van der Waals surface area contributed by atoms with Crippen molar-refractivity contribution >= 4 is 10.0 Å². The van der Waals surface area contributed by atoms with E-state index >= 15 is 0 Å². The van der Waals surface area contributed by atoms with Gasteiger partial charge < -0.3 is 9.47 Å². The molecule has 0 atom stereocenters. The number of hydrogen-bond acceptors (Lipinski definition) is 4. The van der Waals surface area contributed by atoms with E-state index in [0.29, 0.717) is 12.3 Å². The fourth-order valence-electron chi connectivity index (χ4n) is 4.01. The fraction of sp³-hybridized carbons (Fsp3) is 0.455. The molecule has 2 aromatic carbocycles. The third kappa shape index (κ3) is 4.03. The van der Waals surface area contributed by atoms with Crippen LogP contribution in [0.4, 0.5) is 0 Å². The van der Waals surface area contributed by atoms with Crippen LogP contribution in [0, 0.1) is 13.8 Å². The molecule has 0 saturated heterocycles. The Kier molecular flexibility index (Phi) is 6.01. The molecule has 0 aromatic heterocycles. The Bertz CT molecular complexity index is 930. The molecule has 2 aromatic rings. The summed E-state index contributed by atoms with van der Waals surface area (Å²) in [6.07, 6.45) is 4.12. The van der Waals surface area contributed by atoms with Gasteiger partial charge in [0.1, 0.15) is 16.4 Å². The van der Waals surface area contributed by atoms with Gasteiger partial charge in [-0.1, -0.05) is 25.0 Å². The van der Waals surface area contributed by atoms with Crippen LogP contribution in [0.3, 0.4) is 0 Å². The summed E-state index contributed by atoms with van der Waals surface area (Å²) in [5, 5.41) is 0. The van der Waals surface area contributed by atoms with Gasteiger partial charge in [0, 0.05) is 12.0 Å². The summed E-state index contributed by atoms with van der Waals surface area (Å²) < 4.78 is 39.7. The van der Waals surface area contributed by atoms with Gasteiger partial charge in [-0.25, -0.2) is 13.1 Å². The molecule has 1 N–H and O–H groups in total. The van der Waals surface area contributed by atoms with Crippen LogP contribution in [0.2, 0.25) is 0 Å². The number of ether oxygens (including phenoxy) is 2. The lowest BCUT2D eigenvalue weighted by atomic mass is 9.79. The Hall–Kier alpha value is -2.05. The minimum Gasteiger partial charge on any atom is -0.497 e. The quantitative estimate of drug-likeness (QED) is 0.756. The predicted octanol–water partition coefficient (Wildman–Crippen LogP) is 4.11. The average molecular weight is 404 g/mol. The SMILES string of the molecule is COc1ccc(C2(CNS(=O)(=O)c3cc(C)c(C)cc3OC)CCCC2)cc1. The molecule has 0 bridgehead atoms. The molecule has 3 rings (SSSR count). The van der Waals surface area contributed by atoms with Crippen molar-refractivity contribution < 1.29 is 17.9 Å². The van der Waals surface area contributed by atoms with E-state index in [2.05, 4.69) is 16.9 Å². The normalized spacial score (nSPS) is 16.1. The van der Waals surface area contributed by atoms with Crippen molar-refractivity contribution in [3.63, 3.8) is 0 Å². The number of methoxy groups -OCH3 is 2. The van der Waals surface area contributed by atoms with Crippen molar-refractivity contribution in [2.24, 2.45) is 0 Å². The third-order valence-corrected chi connectivity index (χ3v) is 7.36. The highest BCUT2D eigenvalue weighted by Crippen LogP contribution is 2.41. The number of sulfonamides is 1. The van der Waals surface area contributed by atoms with Gasteiger partial charge >= 0.3 is 0 Å². The summed E-state index contributed by atoms with van der Waals surface area (Å²) in [5.74, 6) is 1.18. The minimum absolute atomic E-state index is 0.188. The molecule has 0 spiro atoms. The summed E-state index contributed by atoms with van der Waals surface area (Å²) in [5.41, 5.74) is 2.89. The summed E-state index contributed by atoms with van der Waals surface area (Å²) >= 11 is 0. The maximum Gasteiger partial charge on any atom is 0.244 e. The van der Waals surface area contributed by atoms with Gasteiger partial charge in [-0.05, 0) is 67.6 Å². The van der Waals surface area contributed by atoms with Gasteiger partial charge in [-0.15, -0.1) is 0 Å². The topological polar surface area (TPSA) is 64.6 Å². The molecule has 1 aliphatic rings. The average Bonchev–Trinajstić information content (AvgIpc) is 3.18. The van der Waals surface area contributed by atoms with Gasteiger partial charge in [0.2, 0.25) is 10.0 Å². The van der Waals surface area contributed by atoms with Crippen molar-refractivity contribution in [1.29, 1.82) is 0 Å². The van der Waals surface area contributed by atoms with E-state index < -0.39 is 10.0 Å². The number of aryl methyl sites for hydroxylation is 2. The van der Waals surface area contributed by atoms with Crippen LogP contribution in [0.25, 0.3) is 0 Å². The van der Waals surface area contributed by atoms with E-state index in [0.717, 1.165) is 48.1 Å². The Morgan fingerprint density at radius 3 is 2.14 bits per heavy atom. The lowest BCUT2D eigenvalue weighted by Gasteiger charge is -2.30. The van der Waals surface area contributed by atoms with E-state index in [4.69, 9.17) is 9.47 Å². The van der Waals surface area contributed by atoms with Crippen molar-refractivity contribution in [2.75, 3.05) is 20.8 Å². The second-order valence-corrected chi connectivity index (χ2v) is 9.36. The number of hydrogen-bond donors (Lipinski definition) is 1. The number of rotatable bonds is 7. The highest BCUT2D eigenvalue weighted by atomic mass is 32.2. The largest absolute Gasteiger partial charge is 0.497 e. The van der Waals surface area contributed by atoms with Crippen molar-refractivity contribution in [1.82, 2.24) is 4.72 Å². The Balaban J connectivity index is 1.88. The summed E-state index contributed by atoms with van der Waals surface area (Å²) in [4.78, 5) is 0.195.